The Hall–Kier alpha value is -2.11. The van der Waals surface area contributed by atoms with Gasteiger partial charge >= 0.3 is 0 Å². The second-order valence-corrected chi connectivity index (χ2v) is 6.42. The van der Waals surface area contributed by atoms with Crippen molar-refractivity contribution < 1.29 is 18.6 Å². The molecule has 0 amide bonds. The highest BCUT2D eigenvalue weighted by molar-refractivity contribution is 7.99. The molecule has 5 heteroatoms. The molecule has 0 bridgehead atoms. The van der Waals surface area contributed by atoms with Gasteiger partial charge in [0.2, 0.25) is 0 Å². The molecular formula is C20H22O4S. The third-order valence-corrected chi connectivity index (χ3v) is 4.97. The lowest BCUT2D eigenvalue weighted by atomic mass is 10.1. The van der Waals surface area contributed by atoms with E-state index >= 15 is 0 Å². The molecule has 132 valence electrons. The Labute approximate surface area is 152 Å². The van der Waals surface area contributed by atoms with E-state index in [2.05, 4.69) is 18.4 Å². The Morgan fingerprint density at radius 2 is 1.76 bits per heavy atom. The summed E-state index contributed by atoms with van der Waals surface area (Å²) in [6, 6.07) is 12.1. The van der Waals surface area contributed by atoms with E-state index in [1.54, 1.807) is 33.1 Å². The maximum atomic E-state index is 6.16. The molecule has 0 saturated heterocycles. The zero-order valence-corrected chi connectivity index (χ0v) is 15.7. The Morgan fingerprint density at radius 1 is 0.960 bits per heavy atom. The van der Waals surface area contributed by atoms with Crippen LogP contribution in [0.25, 0.3) is 22.3 Å². The highest BCUT2D eigenvalue weighted by atomic mass is 32.2. The molecule has 4 nitrogen and oxygen atoms in total. The topological polar surface area (TPSA) is 40.8 Å². The summed E-state index contributed by atoms with van der Waals surface area (Å²) in [4.78, 5) is 1.13. The van der Waals surface area contributed by atoms with Crippen LogP contribution in [0.1, 0.15) is 5.56 Å². The number of hydrogen-bond acceptors (Lipinski definition) is 5. The van der Waals surface area contributed by atoms with Gasteiger partial charge in [0.1, 0.15) is 11.3 Å². The monoisotopic (exact) mass is 358 g/mol. The van der Waals surface area contributed by atoms with Gasteiger partial charge in [-0.15, -0.1) is 11.8 Å². The van der Waals surface area contributed by atoms with E-state index in [4.69, 9.17) is 18.6 Å². The third kappa shape index (κ3) is 3.48. The maximum absolute atomic E-state index is 6.16. The summed E-state index contributed by atoms with van der Waals surface area (Å²) in [5, 5.41) is 1.13. The number of hydrogen-bond donors (Lipinski definition) is 0. The molecule has 0 radical (unpaired) electrons. The average molecular weight is 358 g/mol. The normalized spacial score (nSPS) is 11.0. The largest absolute Gasteiger partial charge is 0.493 e. The molecule has 3 aromatic rings. The lowest BCUT2D eigenvalue weighted by molar-refractivity contribution is 0.202. The van der Waals surface area contributed by atoms with Crippen LogP contribution < -0.4 is 9.47 Å². The van der Waals surface area contributed by atoms with Crippen molar-refractivity contribution in [3.8, 4) is 22.8 Å². The van der Waals surface area contributed by atoms with Gasteiger partial charge in [0.05, 0.1) is 25.7 Å². The molecule has 0 unspecified atom stereocenters. The Balaban J connectivity index is 2.10. The Bertz CT molecular complexity index is 870. The van der Waals surface area contributed by atoms with Crippen molar-refractivity contribution >= 4 is 22.7 Å². The van der Waals surface area contributed by atoms with Gasteiger partial charge in [-0.2, -0.15) is 0 Å². The molecule has 0 spiro atoms. The summed E-state index contributed by atoms with van der Waals surface area (Å²) in [5.74, 6) is 2.25. The van der Waals surface area contributed by atoms with E-state index in [-0.39, 0.29) is 0 Å². The first kappa shape index (κ1) is 17.7. The summed E-state index contributed by atoms with van der Waals surface area (Å²) in [5.41, 5.74) is 3.09. The van der Waals surface area contributed by atoms with E-state index in [0.29, 0.717) is 18.1 Å². The molecule has 0 aliphatic rings. The van der Waals surface area contributed by atoms with Crippen molar-refractivity contribution in [2.45, 2.75) is 11.3 Å². The van der Waals surface area contributed by atoms with Crippen molar-refractivity contribution in [1.82, 2.24) is 0 Å². The molecule has 25 heavy (non-hydrogen) atoms. The van der Waals surface area contributed by atoms with Crippen LogP contribution in [0.15, 0.2) is 45.7 Å². The van der Waals surface area contributed by atoms with E-state index < -0.39 is 0 Å². The van der Waals surface area contributed by atoms with Crippen LogP contribution in [-0.2, 0) is 11.2 Å². The predicted octanol–water partition coefficient (Wildman–Crippen LogP) is 5.03. The summed E-state index contributed by atoms with van der Waals surface area (Å²) >= 11 is 1.69. The molecule has 1 aromatic heterocycles. The fourth-order valence-electron chi connectivity index (χ4n) is 2.87. The Morgan fingerprint density at radius 3 is 2.44 bits per heavy atom. The summed E-state index contributed by atoms with van der Waals surface area (Å²) in [6.45, 7) is 0.709. The summed E-state index contributed by atoms with van der Waals surface area (Å²) < 4.78 is 22.1. The highest BCUT2D eigenvalue weighted by Crippen LogP contribution is 2.42. The van der Waals surface area contributed by atoms with Crippen molar-refractivity contribution in [3.05, 3.63) is 42.0 Å². The first-order valence-corrected chi connectivity index (χ1v) is 9.25. The Kier molecular flexibility index (Phi) is 5.56. The number of methoxy groups -OCH3 is 3. The third-order valence-electron chi connectivity index (χ3n) is 4.15. The second-order valence-electron chi connectivity index (χ2n) is 5.61. The minimum Gasteiger partial charge on any atom is -0.493 e. The second kappa shape index (κ2) is 7.85. The van der Waals surface area contributed by atoms with Crippen molar-refractivity contribution in [2.24, 2.45) is 0 Å². The first-order valence-electron chi connectivity index (χ1n) is 8.02. The van der Waals surface area contributed by atoms with Gasteiger partial charge < -0.3 is 18.6 Å². The van der Waals surface area contributed by atoms with E-state index in [1.807, 2.05) is 24.3 Å². The maximum Gasteiger partial charge on any atom is 0.161 e. The van der Waals surface area contributed by atoms with Gasteiger partial charge in [0.15, 0.2) is 11.5 Å². The molecule has 3 rings (SSSR count). The molecule has 0 aliphatic heterocycles. The van der Waals surface area contributed by atoms with Crippen LogP contribution in [0.2, 0.25) is 0 Å². The van der Waals surface area contributed by atoms with Crippen LogP contribution in [0.5, 0.6) is 11.5 Å². The van der Waals surface area contributed by atoms with Crippen molar-refractivity contribution in [2.75, 3.05) is 34.2 Å². The number of thioether (sulfide) groups is 1. The standard InChI is InChI=1S/C20H22O4S/c1-21-10-9-13-5-7-16-15(11-13)20(25-4)19(24-16)14-6-8-17(22-2)18(12-14)23-3/h5-8,11-12H,9-10H2,1-4H3. The number of rotatable bonds is 7. The molecule has 0 saturated carbocycles. The molecule has 0 aliphatic carbocycles. The van der Waals surface area contributed by atoms with Crippen LogP contribution in [0.4, 0.5) is 0 Å². The van der Waals surface area contributed by atoms with Crippen molar-refractivity contribution in [3.63, 3.8) is 0 Å². The molecule has 0 N–H and O–H groups in total. The van der Waals surface area contributed by atoms with Crippen LogP contribution >= 0.6 is 11.8 Å². The van der Waals surface area contributed by atoms with Gasteiger partial charge in [-0.3, -0.25) is 0 Å². The summed E-state index contributed by atoms with van der Waals surface area (Å²) in [6.07, 6.45) is 2.95. The molecule has 0 fully saturated rings. The predicted molar refractivity (Wildman–Crippen MR) is 102 cm³/mol. The number of furan rings is 1. The molecule has 1 heterocycles. The lowest BCUT2D eigenvalue weighted by Gasteiger charge is -2.09. The summed E-state index contributed by atoms with van der Waals surface area (Å²) in [7, 11) is 4.99. The van der Waals surface area contributed by atoms with Crippen molar-refractivity contribution in [1.29, 1.82) is 0 Å². The van der Waals surface area contributed by atoms with Crippen LogP contribution in [0, 0.1) is 0 Å². The van der Waals surface area contributed by atoms with Gasteiger partial charge in [0.25, 0.3) is 0 Å². The minimum absolute atomic E-state index is 0.688. The average Bonchev–Trinajstić information content (AvgIpc) is 3.03. The first-order chi connectivity index (χ1) is 12.2. The van der Waals surface area contributed by atoms with Gasteiger partial charge in [-0.25, -0.2) is 0 Å². The van der Waals surface area contributed by atoms with E-state index in [1.165, 1.54) is 5.56 Å². The quantitative estimate of drug-likeness (QED) is 0.554. The van der Waals surface area contributed by atoms with E-state index in [9.17, 15) is 0 Å². The van der Waals surface area contributed by atoms with Gasteiger partial charge in [-0.1, -0.05) is 6.07 Å². The number of benzene rings is 2. The fourth-order valence-corrected chi connectivity index (χ4v) is 3.59. The highest BCUT2D eigenvalue weighted by Gasteiger charge is 2.17. The molecule has 2 aromatic carbocycles. The number of ether oxygens (including phenoxy) is 3. The van der Waals surface area contributed by atoms with Crippen LogP contribution in [-0.4, -0.2) is 34.2 Å². The number of fused-ring (bicyclic) bond motifs is 1. The van der Waals surface area contributed by atoms with Crippen LogP contribution in [0.3, 0.4) is 0 Å². The minimum atomic E-state index is 0.688. The van der Waals surface area contributed by atoms with Gasteiger partial charge in [0, 0.05) is 18.1 Å². The SMILES string of the molecule is COCCc1ccc2oc(-c3ccc(OC)c(OC)c3)c(SC)c2c1. The van der Waals surface area contributed by atoms with Gasteiger partial charge in [-0.05, 0) is 48.6 Å². The zero-order valence-electron chi connectivity index (χ0n) is 14.9. The van der Waals surface area contributed by atoms with E-state index in [0.717, 1.165) is 33.6 Å². The molecule has 0 atom stereocenters. The molecular weight excluding hydrogens is 336 g/mol. The fraction of sp³-hybridized carbons (Fsp3) is 0.300. The lowest BCUT2D eigenvalue weighted by Crippen LogP contribution is -1.93. The smallest absolute Gasteiger partial charge is 0.161 e. The zero-order chi connectivity index (χ0) is 17.8.